The molecule has 154 valence electrons. The summed E-state index contributed by atoms with van der Waals surface area (Å²) in [6, 6.07) is 15.3. The third kappa shape index (κ3) is 4.07. The molecule has 30 heavy (non-hydrogen) atoms. The molecule has 8 nitrogen and oxygen atoms in total. The van der Waals surface area contributed by atoms with Gasteiger partial charge >= 0.3 is 0 Å². The first-order valence-corrected chi connectivity index (χ1v) is 9.54. The Labute approximate surface area is 174 Å². The van der Waals surface area contributed by atoms with Crippen LogP contribution in [0.4, 0.5) is 11.4 Å². The van der Waals surface area contributed by atoms with Gasteiger partial charge in [0.25, 0.3) is 5.91 Å². The number of carbonyl (C=O) groups is 1. The van der Waals surface area contributed by atoms with E-state index in [0.29, 0.717) is 35.1 Å². The maximum atomic E-state index is 11.9. The summed E-state index contributed by atoms with van der Waals surface area (Å²) in [6.45, 7) is 0.818. The monoisotopic (exact) mass is 404 g/mol. The molecule has 0 aliphatic carbocycles. The van der Waals surface area contributed by atoms with E-state index < -0.39 is 5.90 Å². The molecule has 0 saturated heterocycles. The smallest absolute Gasteiger partial charge is 0.264 e. The van der Waals surface area contributed by atoms with E-state index in [4.69, 9.17) is 10.1 Å². The maximum Gasteiger partial charge on any atom is 0.264 e. The van der Waals surface area contributed by atoms with E-state index in [1.165, 1.54) is 0 Å². The number of carbonyl (C=O) groups excluding carboxylic acids is 1. The molecule has 0 saturated carbocycles. The van der Waals surface area contributed by atoms with E-state index in [1.807, 2.05) is 48.5 Å². The van der Waals surface area contributed by atoms with Gasteiger partial charge in [-0.1, -0.05) is 30.3 Å². The summed E-state index contributed by atoms with van der Waals surface area (Å²) in [5.74, 6) is 0.504. The van der Waals surface area contributed by atoms with Gasteiger partial charge in [0.05, 0.1) is 5.69 Å². The fraction of sp³-hybridized carbons (Fsp3) is 0.182. The summed E-state index contributed by atoms with van der Waals surface area (Å²) in [5, 5.41) is 28.9. The van der Waals surface area contributed by atoms with Gasteiger partial charge in [0.2, 0.25) is 0 Å². The van der Waals surface area contributed by atoms with E-state index in [0.717, 1.165) is 11.3 Å². The molecule has 2 aromatic rings. The van der Waals surface area contributed by atoms with Crippen LogP contribution in [0.2, 0.25) is 0 Å². The first kappa shape index (κ1) is 19.4. The molecule has 0 radical (unpaired) electrons. The Hall–Kier alpha value is -3.94. The predicted molar refractivity (Wildman–Crippen MR) is 113 cm³/mol. The number of ether oxygens (including phenoxy) is 1. The van der Waals surface area contributed by atoms with Crippen molar-refractivity contribution in [3.05, 3.63) is 77.3 Å². The highest BCUT2D eigenvalue weighted by atomic mass is 16.5. The first-order chi connectivity index (χ1) is 14.5. The van der Waals surface area contributed by atoms with Crippen LogP contribution in [0.5, 0.6) is 5.75 Å². The number of benzene rings is 2. The lowest BCUT2D eigenvalue weighted by Gasteiger charge is -2.28. The number of hydrogen-bond donors (Lipinski definition) is 4. The molecule has 4 N–H and O–H groups in total. The number of amides is 1. The number of rotatable bonds is 6. The Bertz CT molecular complexity index is 1050. The van der Waals surface area contributed by atoms with Crippen molar-refractivity contribution in [2.24, 2.45) is 0 Å². The van der Waals surface area contributed by atoms with Gasteiger partial charge in [-0.15, -0.1) is 0 Å². The van der Waals surface area contributed by atoms with E-state index in [-0.39, 0.29) is 19.1 Å². The fourth-order valence-corrected chi connectivity index (χ4v) is 3.30. The zero-order valence-electron chi connectivity index (χ0n) is 16.5. The Morgan fingerprint density at radius 3 is 2.83 bits per heavy atom. The Kier molecular flexibility index (Phi) is 5.30. The molecule has 0 bridgehead atoms. The lowest BCUT2D eigenvalue weighted by Crippen LogP contribution is -2.36. The predicted octanol–water partition coefficient (Wildman–Crippen LogP) is 1.28. The van der Waals surface area contributed by atoms with Crippen LogP contribution in [0.3, 0.4) is 0 Å². The first-order valence-electron chi connectivity index (χ1n) is 9.54. The van der Waals surface area contributed by atoms with Crippen LogP contribution in [0, 0.1) is 5.41 Å². The van der Waals surface area contributed by atoms with Crippen molar-refractivity contribution in [2.45, 2.75) is 6.54 Å². The number of fused-ring (bicyclic) bond motifs is 1. The molecule has 0 fully saturated rings. The molecule has 2 aliphatic heterocycles. The number of anilines is 2. The standard InChI is InChI=1S/C22H23N5O3/c1-27-18-9-15(7-8-19(18)30-13-21(27)28)26-20-10-17(16(12-25-20)22(23)29)24-11-14-5-3-2-4-6-14/h2-10,24-26H,11-13H2,1H3,(H2,23,29)/p-1. The van der Waals surface area contributed by atoms with Crippen molar-refractivity contribution in [1.29, 1.82) is 5.41 Å². The van der Waals surface area contributed by atoms with Crippen LogP contribution in [0.25, 0.3) is 0 Å². The van der Waals surface area contributed by atoms with Gasteiger partial charge in [-0.05, 0) is 29.7 Å². The minimum Gasteiger partial charge on any atom is -0.859 e. The van der Waals surface area contributed by atoms with Crippen molar-refractivity contribution in [3.63, 3.8) is 0 Å². The average molecular weight is 404 g/mol. The van der Waals surface area contributed by atoms with Gasteiger partial charge in [0.15, 0.2) is 6.61 Å². The third-order valence-corrected chi connectivity index (χ3v) is 4.99. The van der Waals surface area contributed by atoms with E-state index in [1.54, 1.807) is 18.0 Å². The molecule has 2 aliphatic rings. The summed E-state index contributed by atoms with van der Waals surface area (Å²) < 4.78 is 5.46. The highest BCUT2D eigenvalue weighted by Gasteiger charge is 2.22. The van der Waals surface area contributed by atoms with Crippen LogP contribution in [-0.4, -0.2) is 32.0 Å². The number of nitrogens with zero attached hydrogens (tertiary/aromatic N) is 1. The zero-order valence-corrected chi connectivity index (χ0v) is 16.5. The lowest BCUT2D eigenvalue weighted by molar-refractivity contribution is -0.215. The van der Waals surface area contributed by atoms with Crippen molar-refractivity contribution in [2.75, 3.05) is 30.4 Å². The highest BCUT2D eigenvalue weighted by Crippen LogP contribution is 2.34. The maximum absolute atomic E-state index is 11.9. The quantitative estimate of drug-likeness (QED) is 0.426. The Morgan fingerprint density at radius 1 is 1.27 bits per heavy atom. The second kappa shape index (κ2) is 8.20. The molecule has 2 heterocycles. The van der Waals surface area contributed by atoms with Crippen LogP contribution < -0.4 is 30.7 Å². The van der Waals surface area contributed by atoms with Gasteiger partial charge in [0.1, 0.15) is 11.6 Å². The zero-order chi connectivity index (χ0) is 21.1. The Morgan fingerprint density at radius 2 is 2.07 bits per heavy atom. The molecular weight excluding hydrogens is 382 g/mol. The molecule has 0 unspecified atom stereocenters. The largest absolute Gasteiger partial charge is 0.859 e. The normalized spacial score (nSPS) is 15.6. The van der Waals surface area contributed by atoms with E-state index >= 15 is 0 Å². The van der Waals surface area contributed by atoms with Crippen molar-refractivity contribution in [3.8, 4) is 5.75 Å². The molecule has 8 heteroatoms. The minimum absolute atomic E-state index is 0.0359. The highest BCUT2D eigenvalue weighted by molar-refractivity contribution is 5.98. The van der Waals surface area contributed by atoms with Crippen LogP contribution in [0.1, 0.15) is 5.56 Å². The number of dihydropyridines is 1. The third-order valence-electron chi connectivity index (χ3n) is 4.99. The van der Waals surface area contributed by atoms with E-state index in [9.17, 15) is 9.90 Å². The second-order valence-electron chi connectivity index (χ2n) is 7.02. The SMILES string of the molecule is CN1C(=O)COc2ccc(NC3=CC(NCc4ccccc4)=C(C(=N)[O-])CN3)cc21. The molecule has 0 atom stereocenters. The van der Waals surface area contributed by atoms with Crippen LogP contribution in [0.15, 0.2) is 71.7 Å². The Balaban J connectivity index is 1.54. The summed E-state index contributed by atoms with van der Waals surface area (Å²) in [5.41, 5.74) is 3.51. The average Bonchev–Trinajstić information content (AvgIpc) is 2.76. The second-order valence-corrected chi connectivity index (χ2v) is 7.02. The van der Waals surface area contributed by atoms with Gasteiger partial charge in [0, 0.05) is 43.2 Å². The van der Waals surface area contributed by atoms with Gasteiger partial charge in [-0.2, -0.15) is 0 Å². The van der Waals surface area contributed by atoms with E-state index in [2.05, 4.69) is 16.0 Å². The molecule has 0 aromatic heterocycles. The number of allylic oxidation sites excluding steroid dienone is 1. The van der Waals surface area contributed by atoms with Crippen molar-refractivity contribution >= 4 is 23.2 Å². The molecule has 0 spiro atoms. The van der Waals surface area contributed by atoms with Gasteiger partial charge < -0.3 is 36.1 Å². The summed E-state index contributed by atoms with van der Waals surface area (Å²) in [4.78, 5) is 13.4. The van der Waals surface area contributed by atoms with Crippen molar-refractivity contribution < 1.29 is 14.6 Å². The molecule has 4 rings (SSSR count). The number of nitrogens with one attached hydrogen (secondary N) is 4. The van der Waals surface area contributed by atoms with Gasteiger partial charge in [-0.3, -0.25) is 4.79 Å². The van der Waals surface area contributed by atoms with Gasteiger partial charge in [-0.25, -0.2) is 0 Å². The summed E-state index contributed by atoms with van der Waals surface area (Å²) >= 11 is 0. The molecule has 1 amide bonds. The molecular formula is C22H22N5O3-. The van der Waals surface area contributed by atoms with Crippen LogP contribution in [-0.2, 0) is 11.3 Å². The van der Waals surface area contributed by atoms with Crippen molar-refractivity contribution in [1.82, 2.24) is 10.6 Å². The number of hydrogen-bond acceptors (Lipinski definition) is 7. The topological polar surface area (TPSA) is 113 Å². The van der Waals surface area contributed by atoms with Crippen LogP contribution >= 0.6 is 0 Å². The fourth-order valence-electron chi connectivity index (χ4n) is 3.30. The lowest BCUT2D eigenvalue weighted by atomic mass is 10.1. The molecule has 2 aromatic carbocycles. The number of likely N-dealkylation sites (N-methyl/N-ethyl adjacent to an activating group) is 1. The summed E-state index contributed by atoms with van der Waals surface area (Å²) in [6.07, 6.45) is 1.78. The minimum atomic E-state index is -0.723. The summed E-state index contributed by atoms with van der Waals surface area (Å²) in [7, 11) is 1.71.